The second kappa shape index (κ2) is 5.27. The molecule has 0 radical (unpaired) electrons. The minimum absolute atomic E-state index is 0.116. The molecule has 1 aromatic heterocycles. The van der Waals surface area contributed by atoms with Crippen LogP contribution >= 0.6 is 0 Å². The molecule has 0 saturated carbocycles. The van der Waals surface area contributed by atoms with Crippen LogP contribution in [0.4, 0.5) is 4.39 Å². The van der Waals surface area contributed by atoms with E-state index in [1.54, 1.807) is 24.4 Å². The van der Waals surface area contributed by atoms with Crippen LogP contribution in [-0.4, -0.2) is 10.8 Å². The Bertz CT molecular complexity index is 557. The van der Waals surface area contributed by atoms with Crippen LogP contribution in [0.3, 0.4) is 0 Å². The fourth-order valence-corrected chi connectivity index (χ4v) is 1.42. The minimum atomic E-state index is -0.543. The third-order valence-electron chi connectivity index (χ3n) is 2.34. The lowest BCUT2D eigenvalue weighted by Crippen LogP contribution is -2.11. The largest absolute Gasteiger partial charge is 0.484 e. The normalized spacial score (nSPS) is 10.1. The molecule has 0 unspecified atom stereocenters. The highest BCUT2D eigenvalue weighted by molar-refractivity contribution is 5.95. The predicted molar refractivity (Wildman–Crippen MR) is 66.0 cm³/mol. The average Bonchev–Trinajstić information content (AvgIpc) is 2.38. The summed E-state index contributed by atoms with van der Waals surface area (Å²) in [5.41, 5.74) is 6.31. The van der Waals surface area contributed by atoms with E-state index in [1.807, 2.05) is 6.07 Å². The van der Waals surface area contributed by atoms with Gasteiger partial charge in [-0.1, -0.05) is 6.07 Å². The first-order chi connectivity index (χ1) is 8.66. The van der Waals surface area contributed by atoms with Gasteiger partial charge in [0.25, 0.3) is 0 Å². The molecule has 5 heteroatoms. The smallest absolute Gasteiger partial charge is 0.165 e. The molecule has 1 aromatic carbocycles. The Morgan fingerprint density at radius 3 is 2.78 bits per heavy atom. The number of ether oxygens (including phenoxy) is 1. The second-order valence-electron chi connectivity index (χ2n) is 3.67. The standard InChI is InChI=1S/C13H12FN3O/c14-11-7-9(13(15)16)4-5-12(11)18-8-10-3-1-2-6-17-10/h1-7H,8H2,(H3,15,16). The van der Waals surface area contributed by atoms with E-state index in [-0.39, 0.29) is 18.2 Å². The predicted octanol–water partition coefficient (Wildman–Crippen LogP) is 2.08. The Hall–Kier alpha value is -2.43. The van der Waals surface area contributed by atoms with Crippen molar-refractivity contribution in [3.05, 3.63) is 59.7 Å². The lowest BCUT2D eigenvalue weighted by atomic mass is 10.2. The van der Waals surface area contributed by atoms with Crippen LogP contribution < -0.4 is 10.5 Å². The summed E-state index contributed by atoms with van der Waals surface area (Å²) in [5, 5.41) is 7.20. The summed E-state index contributed by atoms with van der Waals surface area (Å²) in [6, 6.07) is 9.60. The van der Waals surface area contributed by atoms with Crippen molar-refractivity contribution < 1.29 is 9.13 Å². The van der Waals surface area contributed by atoms with Gasteiger partial charge < -0.3 is 10.5 Å². The van der Waals surface area contributed by atoms with Crippen molar-refractivity contribution in [1.82, 2.24) is 4.98 Å². The molecule has 3 N–H and O–H groups in total. The van der Waals surface area contributed by atoms with Crippen LogP contribution in [-0.2, 0) is 6.61 Å². The van der Waals surface area contributed by atoms with Gasteiger partial charge in [-0.15, -0.1) is 0 Å². The van der Waals surface area contributed by atoms with E-state index < -0.39 is 5.82 Å². The van der Waals surface area contributed by atoms with Gasteiger partial charge >= 0.3 is 0 Å². The zero-order valence-electron chi connectivity index (χ0n) is 9.56. The summed E-state index contributed by atoms with van der Waals surface area (Å²) >= 11 is 0. The summed E-state index contributed by atoms with van der Waals surface area (Å²) < 4.78 is 18.9. The topological polar surface area (TPSA) is 72.0 Å². The van der Waals surface area contributed by atoms with Crippen LogP contribution in [0.2, 0.25) is 0 Å². The van der Waals surface area contributed by atoms with Crippen LogP contribution in [0.1, 0.15) is 11.3 Å². The monoisotopic (exact) mass is 245 g/mol. The molecule has 0 amide bonds. The maximum absolute atomic E-state index is 13.6. The van der Waals surface area contributed by atoms with Gasteiger partial charge in [-0.3, -0.25) is 10.4 Å². The molecule has 0 aliphatic carbocycles. The zero-order chi connectivity index (χ0) is 13.0. The van der Waals surface area contributed by atoms with Gasteiger partial charge in [0.05, 0.1) is 5.69 Å². The van der Waals surface area contributed by atoms with Gasteiger partial charge in [0.1, 0.15) is 12.4 Å². The SMILES string of the molecule is N=C(N)c1ccc(OCc2ccccn2)c(F)c1. The number of rotatable bonds is 4. The van der Waals surface area contributed by atoms with Crippen molar-refractivity contribution in [3.8, 4) is 5.75 Å². The number of nitrogen functional groups attached to an aromatic ring is 1. The van der Waals surface area contributed by atoms with Gasteiger partial charge in [-0.2, -0.15) is 0 Å². The Balaban J connectivity index is 2.08. The number of benzene rings is 1. The van der Waals surface area contributed by atoms with Crippen molar-refractivity contribution in [2.75, 3.05) is 0 Å². The van der Waals surface area contributed by atoms with Gasteiger partial charge in [-0.05, 0) is 30.3 Å². The van der Waals surface area contributed by atoms with Crippen LogP contribution in [0.25, 0.3) is 0 Å². The van der Waals surface area contributed by atoms with E-state index in [1.165, 1.54) is 12.1 Å². The lowest BCUT2D eigenvalue weighted by Gasteiger charge is -2.07. The molecule has 2 rings (SSSR count). The summed E-state index contributed by atoms with van der Waals surface area (Å²) in [7, 11) is 0. The van der Waals surface area contributed by atoms with Gasteiger partial charge in [0.2, 0.25) is 0 Å². The number of hydrogen-bond acceptors (Lipinski definition) is 3. The number of amidine groups is 1. The number of nitrogens with zero attached hydrogens (tertiary/aromatic N) is 1. The Kier molecular flexibility index (Phi) is 3.52. The van der Waals surface area contributed by atoms with Crippen LogP contribution in [0, 0.1) is 11.2 Å². The molecular weight excluding hydrogens is 233 g/mol. The molecule has 18 heavy (non-hydrogen) atoms. The van der Waals surface area contributed by atoms with E-state index in [2.05, 4.69) is 4.98 Å². The summed E-state index contributed by atoms with van der Waals surface area (Å²) in [6.07, 6.45) is 1.65. The molecule has 0 aliphatic rings. The molecule has 92 valence electrons. The maximum atomic E-state index is 13.6. The number of pyridine rings is 1. The van der Waals surface area contributed by atoms with Crippen molar-refractivity contribution >= 4 is 5.84 Å². The molecule has 0 bridgehead atoms. The van der Waals surface area contributed by atoms with Gasteiger partial charge in [-0.25, -0.2) is 4.39 Å². The van der Waals surface area contributed by atoms with Gasteiger partial charge in [0.15, 0.2) is 11.6 Å². The Labute approximate surface area is 104 Å². The number of nitrogens with two attached hydrogens (primary N) is 1. The molecule has 0 aliphatic heterocycles. The summed E-state index contributed by atoms with van der Waals surface area (Å²) in [4.78, 5) is 4.07. The summed E-state index contributed by atoms with van der Waals surface area (Å²) in [6.45, 7) is 0.192. The lowest BCUT2D eigenvalue weighted by molar-refractivity contribution is 0.286. The first kappa shape index (κ1) is 12.0. The quantitative estimate of drug-likeness (QED) is 0.640. The van der Waals surface area contributed by atoms with Crippen molar-refractivity contribution in [1.29, 1.82) is 5.41 Å². The molecule has 0 atom stereocenters. The molecule has 0 fully saturated rings. The van der Waals surface area contributed by atoms with E-state index in [9.17, 15) is 4.39 Å². The number of nitrogens with one attached hydrogen (secondary N) is 1. The molecule has 4 nitrogen and oxygen atoms in total. The molecule has 2 aromatic rings. The van der Waals surface area contributed by atoms with E-state index in [0.717, 1.165) is 0 Å². The first-order valence-corrected chi connectivity index (χ1v) is 5.33. The van der Waals surface area contributed by atoms with E-state index in [4.69, 9.17) is 15.9 Å². The average molecular weight is 245 g/mol. The Morgan fingerprint density at radius 2 is 2.17 bits per heavy atom. The molecular formula is C13H12FN3O. The highest BCUT2D eigenvalue weighted by atomic mass is 19.1. The van der Waals surface area contributed by atoms with Crippen molar-refractivity contribution in [2.24, 2.45) is 5.73 Å². The summed E-state index contributed by atoms with van der Waals surface area (Å²) in [5.74, 6) is -0.602. The van der Waals surface area contributed by atoms with Crippen LogP contribution in [0.5, 0.6) is 5.75 Å². The maximum Gasteiger partial charge on any atom is 0.165 e. The number of halogens is 1. The fourth-order valence-electron chi connectivity index (χ4n) is 1.42. The third-order valence-corrected chi connectivity index (χ3v) is 2.34. The fraction of sp³-hybridized carbons (Fsp3) is 0.0769. The number of hydrogen-bond donors (Lipinski definition) is 2. The van der Waals surface area contributed by atoms with Crippen molar-refractivity contribution in [2.45, 2.75) is 6.61 Å². The third kappa shape index (κ3) is 2.82. The van der Waals surface area contributed by atoms with Crippen molar-refractivity contribution in [3.63, 3.8) is 0 Å². The van der Waals surface area contributed by atoms with E-state index in [0.29, 0.717) is 11.3 Å². The number of aromatic nitrogens is 1. The highest BCUT2D eigenvalue weighted by Gasteiger charge is 2.06. The second-order valence-corrected chi connectivity index (χ2v) is 3.67. The molecule has 0 spiro atoms. The zero-order valence-corrected chi connectivity index (χ0v) is 9.56. The molecule has 0 saturated heterocycles. The van der Waals surface area contributed by atoms with E-state index >= 15 is 0 Å². The minimum Gasteiger partial charge on any atom is -0.484 e. The molecule has 1 heterocycles. The Morgan fingerprint density at radius 1 is 1.33 bits per heavy atom. The van der Waals surface area contributed by atoms with Gasteiger partial charge in [0, 0.05) is 11.8 Å². The highest BCUT2D eigenvalue weighted by Crippen LogP contribution is 2.19. The van der Waals surface area contributed by atoms with Crippen LogP contribution in [0.15, 0.2) is 42.6 Å². The first-order valence-electron chi connectivity index (χ1n) is 5.33.